The van der Waals surface area contributed by atoms with Gasteiger partial charge in [-0.25, -0.2) is 0 Å². The smallest absolute Gasteiger partial charge is 0.297 e. The number of morpholine rings is 1. The molecule has 5 nitrogen and oxygen atoms in total. The number of amides is 2. The zero-order valence-corrected chi connectivity index (χ0v) is 14.4. The minimum atomic E-state index is -0.758. The maximum Gasteiger partial charge on any atom is 0.297 e. The van der Waals surface area contributed by atoms with Crippen molar-refractivity contribution in [2.75, 3.05) is 26.3 Å². The standard InChI is InChI=1S/C21H20N2O3/c24-19(12-11-17-7-3-1-4-8-17)22-20(18-9-5-2-6-10-18)21(25)23-13-15-26-16-14-23/h1-10,20H,13-16H2,(H,22,24)/t20-/m1/s1. The summed E-state index contributed by atoms with van der Waals surface area (Å²) in [5.41, 5.74) is 1.48. The van der Waals surface area contributed by atoms with E-state index in [-0.39, 0.29) is 5.91 Å². The maximum atomic E-state index is 12.9. The molecule has 1 N–H and O–H groups in total. The average Bonchev–Trinajstić information content (AvgIpc) is 2.72. The van der Waals surface area contributed by atoms with Crippen LogP contribution < -0.4 is 5.32 Å². The predicted molar refractivity (Wildman–Crippen MR) is 98.0 cm³/mol. The molecule has 1 aliphatic heterocycles. The van der Waals surface area contributed by atoms with Crippen molar-refractivity contribution in [1.82, 2.24) is 10.2 Å². The lowest BCUT2D eigenvalue weighted by Gasteiger charge is -2.30. The molecule has 2 aromatic rings. The minimum Gasteiger partial charge on any atom is -0.378 e. The SMILES string of the molecule is O=C(C#Cc1ccccc1)N[C@@H](C(=O)N1CCOCC1)c1ccccc1. The quantitative estimate of drug-likeness (QED) is 0.860. The van der Waals surface area contributed by atoms with Gasteiger partial charge >= 0.3 is 0 Å². The Balaban J connectivity index is 1.76. The molecule has 0 bridgehead atoms. The zero-order valence-electron chi connectivity index (χ0n) is 14.4. The van der Waals surface area contributed by atoms with E-state index in [9.17, 15) is 9.59 Å². The molecule has 1 atom stereocenters. The first kappa shape index (κ1) is 17.7. The van der Waals surface area contributed by atoms with Crippen LogP contribution in [0.4, 0.5) is 0 Å². The van der Waals surface area contributed by atoms with Crippen LogP contribution in [0.5, 0.6) is 0 Å². The van der Waals surface area contributed by atoms with Gasteiger partial charge in [0.05, 0.1) is 13.2 Å². The van der Waals surface area contributed by atoms with Crippen LogP contribution >= 0.6 is 0 Å². The highest BCUT2D eigenvalue weighted by Crippen LogP contribution is 2.16. The van der Waals surface area contributed by atoms with E-state index in [1.54, 1.807) is 4.90 Å². The molecule has 0 unspecified atom stereocenters. The third kappa shape index (κ3) is 4.71. The van der Waals surface area contributed by atoms with Crippen LogP contribution in [0, 0.1) is 11.8 Å². The number of nitrogens with one attached hydrogen (secondary N) is 1. The fourth-order valence-electron chi connectivity index (χ4n) is 2.72. The molecule has 0 aliphatic carbocycles. The summed E-state index contributed by atoms with van der Waals surface area (Å²) in [5.74, 6) is 4.75. The summed E-state index contributed by atoms with van der Waals surface area (Å²) in [6.45, 7) is 2.06. The Kier molecular flexibility index (Phi) is 6.02. The second-order valence-corrected chi connectivity index (χ2v) is 5.87. The van der Waals surface area contributed by atoms with Crippen LogP contribution in [0.15, 0.2) is 60.7 Å². The Hall–Kier alpha value is -3.10. The Labute approximate surface area is 153 Å². The number of carbonyl (C=O) groups is 2. The van der Waals surface area contributed by atoms with Gasteiger partial charge in [0.1, 0.15) is 6.04 Å². The second kappa shape index (κ2) is 8.84. The molecule has 0 saturated carbocycles. The van der Waals surface area contributed by atoms with Gasteiger partial charge in [0.25, 0.3) is 5.91 Å². The van der Waals surface area contributed by atoms with E-state index in [4.69, 9.17) is 4.74 Å². The van der Waals surface area contributed by atoms with E-state index in [2.05, 4.69) is 17.2 Å². The number of ether oxygens (including phenoxy) is 1. The Morgan fingerprint density at radius 3 is 2.23 bits per heavy atom. The third-order valence-electron chi connectivity index (χ3n) is 4.07. The normalized spacial score (nSPS) is 14.7. The van der Waals surface area contributed by atoms with Gasteiger partial charge in [-0.15, -0.1) is 0 Å². The van der Waals surface area contributed by atoms with Crippen molar-refractivity contribution in [3.8, 4) is 11.8 Å². The van der Waals surface area contributed by atoms with E-state index in [1.165, 1.54) is 0 Å². The van der Waals surface area contributed by atoms with E-state index >= 15 is 0 Å². The number of hydrogen-bond acceptors (Lipinski definition) is 3. The van der Waals surface area contributed by atoms with Gasteiger partial charge in [0.15, 0.2) is 0 Å². The van der Waals surface area contributed by atoms with Crippen LogP contribution in [0.1, 0.15) is 17.2 Å². The van der Waals surface area contributed by atoms with Crippen LogP contribution in [0.3, 0.4) is 0 Å². The Bertz CT molecular complexity index is 803. The molecule has 3 rings (SSSR count). The molecule has 0 aromatic heterocycles. The highest BCUT2D eigenvalue weighted by molar-refractivity contribution is 5.97. The molecular weight excluding hydrogens is 328 g/mol. The first-order valence-corrected chi connectivity index (χ1v) is 8.53. The van der Waals surface area contributed by atoms with Crippen molar-refractivity contribution in [2.45, 2.75) is 6.04 Å². The van der Waals surface area contributed by atoms with Gasteiger partial charge in [0, 0.05) is 24.6 Å². The fraction of sp³-hybridized carbons (Fsp3) is 0.238. The zero-order chi connectivity index (χ0) is 18.2. The lowest BCUT2D eigenvalue weighted by Crippen LogP contribution is -2.47. The largest absolute Gasteiger partial charge is 0.378 e. The lowest BCUT2D eigenvalue weighted by atomic mass is 10.1. The molecule has 2 amide bonds. The number of hydrogen-bond donors (Lipinski definition) is 1. The van der Waals surface area contributed by atoms with Crippen molar-refractivity contribution in [2.24, 2.45) is 0 Å². The van der Waals surface area contributed by atoms with Crippen LogP contribution in [-0.2, 0) is 14.3 Å². The van der Waals surface area contributed by atoms with Gasteiger partial charge in [-0.1, -0.05) is 54.5 Å². The van der Waals surface area contributed by atoms with Crippen molar-refractivity contribution in [3.05, 3.63) is 71.8 Å². The average molecular weight is 348 g/mol. The monoisotopic (exact) mass is 348 g/mol. The highest BCUT2D eigenvalue weighted by atomic mass is 16.5. The molecule has 5 heteroatoms. The van der Waals surface area contributed by atoms with Crippen molar-refractivity contribution in [3.63, 3.8) is 0 Å². The summed E-state index contributed by atoms with van der Waals surface area (Å²) < 4.78 is 5.30. The van der Waals surface area contributed by atoms with Crippen molar-refractivity contribution >= 4 is 11.8 Å². The van der Waals surface area contributed by atoms with E-state index < -0.39 is 11.9 Å². The molecule has 2 aromatic carbocycles. The number of rotatable bonds is 3. The van der Waals surface area contributed by atoms with Gasteiger partial charge in [-0.3, -0.25) is 9.59 Å². The second-order valence-electron chi connectivity index (χ2n) is 5.87. The molecule has 0 spiro atoms. The Morgan fingerprint density at radius 1 is 0.962 bits per heavy atom. The first-order valence-electron chi connectivity index (χ1n) is 8.53. The molecule has 1 saturated heterocycles. The van der Waals surface area contributed by atoms with Gasteiger partial charge < -0.3 is 15.0 Å². The summed E-state index contributed by atoms with van der Waals surface area (Å²) in [6.07, 6.45) is 0. The maximum absolute atomic E-state index is 12.9. The van der Waals surface area contributed by atoms with Crippen LogP contribution in [-0.4, -0.2) is 43.0 Å². The molecule has 0 radical (unpaired) electrons. The predicted octanol–water partition coefficient (Wildman–Crippen LogP) is 1.75. The highest BCUT2D eigenvalue weighted by Gasteiger charge is 2.28. The summed E-state index contributed by atoms with van der Waals surface area (Å²) in [5, 5.41) is 2.76. The summed E-state index contributed by atoms with van der Waals surface area (Å²) in [4.78, 5) is 26.9. The van der Waals surface area contributed by atoms with Crippen LogP contribution in [0.2, 0.25) is 0 Å². The number of nitrogens with zero attached hydrogens (tertiary/aromatic N) is 1. The third-order valence-corrected chi connectivity index (χ3v) is 4.07. The van der Waals surface area contributed by atoms with E-state index in [0.717, 1.165) is 11.1 Å². The summed E-state index contributed by atoms with van der Waals surface area (Å²) in [7, 11) is 0. The molecule has 1 fully saturated rings. The fourth-order valence-corrected chi connectivity index (χ4v) is 2.72. The van der Waals surface area contributed by atoms with Crippen molar-refractivity contribution < 1.29 is 14.3 Å². The molecule has 132 valence electrons. The number of carbonyl (C=O) groups excluding carboxylic acids is 2. The van der Waals surface area contributed by atoms with Crippen LogP contribution in [0.25, 0.3) is 0 Å². The molecule has 26 heavy (non-hydrogen) atoms. The lowest BCUT2D eigenvalue weighted by molar-refractivity contribution is -0.139. The number of benzene rings is 2. The molecule has 1 aliphatic rings. The van der Waals surface area contributed by atoms with E-state index in [0.29, 0.717) is 26.3 Å². The molecule has 1 heterocycles. The van der Waals surface area contributed by atoms with Gasteiger partial charge in [-0.2, -0.15) is 0 Å². The first-order chi connectivity index (χ1) is 12.7. The van der Waals surface area contributed by atoms with Gasteiger partial charge in [0.2, 0.25) is 5.91 Å². The summed E-state index contributed by atoms with van der Waals surface area (Å²) in [6, 6.07) is 17.7. The summed E-state index contributed by atoms with van der Waals surface area (Å²) >= 11 is 0. The topological polar surface area (TPSA) is 58.6 Å². The van der Waals surface area contributed by atoms with Gasteiger partial charge in [-0.05, 0) is 17.7 Å². The minimum absolute atomic E-state index is 0.144. The van der Waals surface area contributed by atoms with E-state index in [1.807, 2.05) is 60.7 Å². The molecular formula is C21H20N2O3. The van der Waals surface area contributed by atoms with Crippen molar-refractivity contribution in [1.29, 1.82) is 0 Å². The Morgan fingerprint density at radius 2 is 1.58 bits per heavy atom.